The van der Waals surface area contributed by atoms with Gasteiger partial charge in [0.25, 0.3) is 11.5 Å². The van der Waals surface area contributed by atoms with E-state index in [2.05, 4.69) is 4.98 Å². The zero-order chi connectivity index (χ0) is 19.2. The standard InChI is InChI=1S/C20H22Cl2N2O2/c1-10(2)14-8-16(21)13-5-6-24(20(26)17(13)18(14)22)9-15-11(3)7-12(4)23-19(15)25/h7-8,10H,5-6,9H2,1-4H3,(H,23,25). The van der Waals surface area contributed by atoms with Gasteiger partial charge in [-0.3, -0.25) is 9.59 Å². The second-order valence-corrected chi connectivity index (χ2v) is 7.97. The molecule has 2 aromatic rings. The number of nitrogens with one attached hydrogen (secondary N) is 1. The van der Waals surface area contributed by atoms with Gasteiger partial charge in [-0.2, -0.15) is 0 Å². The zero-order valence-electron chi connectivity index (χ0n) is 15.4. The average molecular weight is 393 g/mol. The van der Waals surface area contributed by atoms with Crippen molar-refractivity contribution in [3.63, 3.8) is 0 Å². The number of benzene rings is 1. The number of aromatic amines is 1. The van der Waals surface area contributed by atoms with Crippen LogP contribution in [0.2, 0.25) is 10.0 Å². The summed E-state index contributed by atoms with van der Waals surface area (Å²) in [5, 5.41) is 1.06. The first-order valence-electron chi connectivity index (χ1n) is 8.70. The number of hydrogen-bond acceptors (Lipinski definition) is 2. The lowest BCUT2D eigenvalue weighted by atomic mass is 9.92. The molecule has 0 bridgehead atoms. The van der Waals surface area contributed by atoms with Gasteiger partial charge < -0.3 is 9.88 Å². The van der Waals surface area contributed by atoms with Crippen LogP contribution in [-0.2, 0) is 13.0 Å². The molecule has 0 radical (unpaired) electrons. The first-order chi connectivity index (χ1) is 12.2. The average Bonchev–Trinajstić information content (AvgIpc) is 2.55. The third-order valence-electron chi connectivity index (χ3n) is 4.94. The third kappa shape index (κ3) is 3.28. The highest BCUT2D eigenvalue weighted by atomic mass is 35.5. The summed E-state index contributed by atoms with van der Waals surface area (Å²) in [6.07, 6.45) is 0.626. The van der Waals surface area contributed by atoms with Crippen molar-refractivity contribution in [2.75, 3.05) is 6.54 Å². The Kier molecular flexibility index (Phi) is 5.18. The minimum absolute atomic E-state index is 0.152. The van der Waals surface area contributed by atoms with E-state index in [1.165, 1.54) is 0 Å². The van der Waals surface area contributed by atoms with Crippen LogP contribution in [0.25, 0.3) is 0 Å². The number of rotatable bonds is 3. The molecule has 6 heteroatoms. The quantitative estimate of drug-likeness (QED) is 0.827. The van der Waals surface area contributed by atoms with E-state index in [9.17, 15) is 9.59 Å². The summed E-state index contributed by atoms with van der Waals surface area (Å²) in [5.41, 5.74) is 4.30. The van der Waals surface area contributed by atoms with E-state index in [1.807, 2.05) is 39.8 Å². The highest BCUT2D eigenvalue weighted by Gasteiger charge is 2.31. The first kappa shape index (κ1) is 19.0. The van der Waals surface area contributed by atoms with Crippen molar-refractivity contribution in [3.8, 4) is 0 Å². The minimum Gasteiger partial charge on any atom is -0.334 e. The highest BCUT2D eigenvalue weighted by Crippen LogP contribution is 2.37. The molecule has 0 saturated carbocycles. The van der Waals surface area contributed by atoms with Crippen molar-refractivity contribution in [3.05, 3.63) is 66.0 Å². The third-order valence-corrected chi connectivity index (χ3v) is 5.69. The van der Waals surface area contributed by atoms with Gasteiger partial charge >= 0.3 is 0 Å². The maximum Gasteiger partial charge on any atom is 0.256 e. The van der Waals surface area contributed by atoms with Crippen molar-refractivity contribution in [1.82, 2.24) is 9.88 Å². The summed E-state index contributed by atoms with van der Waals surface area (Å²) in [4.78, 5) is 29.9. The molecule has 138 valence electrons. The Morgan fingerprint density at radius 3 is 2.50 bits per heavy atom. The van der Waals surface area contributed by atoms with Crippen LogP contribution in [0.15, 0.2) is 16.9 Å². The lowest BCUT2D eigenvalue weighted by Gasteiger charge is -2.31. The molecule has 4 nitrogen and oxygen atoms in total. The van der Waals surface area contributed by atoms with E-state index in [0.29, 0.717) is 34.1 Å². The molecule has 1 aliphatic heterocycles. The Bertz CT molecular complexity index is 948. The smallest absolute Gasteiger partial charge is 0.256 e. The fourth-order valence-electron chi connectivity index (χ4n) is 3.50. The van der Waals surface area contributed by atoms with E-state index in [-0.39, 0.29) is 23.9 Å². The first-order valence-corrected chi connectivity index (χ1v) is 9.45. The second-order valence-electron chi connectivity index (χ2n) is 7.19. The number of amides is 1. The molecule has 1 aliphatic rings. The molecule has 0 aliphatic carbocycles. The van der Waals surface area contributed by atoms with E-state index in [1.54, 1.807) is 4.90 Å². The monoisotopic (exact) mass is 392 g/mol. The van der Waals surface area contributed by atoms with Gasteiger partial charge in [-0.15, -0.1) is 0 Å². The molecule has 0 saturated heterocycles. The number of nitrogens with zero attached hydrogens (tertiary/aromatic N) is 1. The van der Waals surface area contributed by atoms with Gasteiger partial charge in [0.2, 0.25) is 0 Å². The molecule has 0 spiro atoms. The number of pyridine rings is 1. The molecule has 0 atom stereocenters. The van der Waals surface area contributed by atoms with Crippen LogP contribution in [0.4, 0.5) is 0 Å². The van der Waals surface area contributed by atoms with Gasteiger partial charge in [0.15, 0.2) is 0 Å². The molecule has 1 N–H and O–H groups in total. The topological polar surface area (TPSA) is 53.2 Å². The van der Waals surface area contributed by atoms with Crippen LogP contribution < -0.4 is 5.56 Å². The normalized spacial score (nSPS) is 14.1. The Morgan fingerprint density at radius 2 is 1.88 bits per heavy atom. The van der Waals surface area contributed by atoms with Gasteiger partial charge in [0.1, 0.15) is 0 Å². The van der Waals surface area contributed by atoms with E-state index in [4.69, 9.17) is 23.2 Å². The van der Waals surface area contributed by atoms with Gasteiger partial charge in [-0.05, 0) is 55.0 Å². The predicted octanol–water partition coefficient (Wildman–Crippen LogP) is 4.62. The summed E-state index contributed by atoms with van der Waals surface area (Å²) < 4.78 is 0. The fraction of sp³-hybridized carbons (Fsp3) is 0.400. The fourth-order valence-corrected chi connectivity index (χ4v) is 4.27. The molecule has 26 heavy (non-hydrogen) atoms. The van der Waals surface area contributed by atoms with Crippen molar-refractivity contribution < 1.29 is 4.79 Å². The number of hydrogen-bond donors (Lipinski definition) is 1. The van der Waals surface area contributed by atoms with Crippen molar-refractivity contribution >= 4 is 29.1 Å². The van der Waals surface area contributed by atoms with Gasteiger partial charge in [-0.25, -0.2) is 0 Å². The van der Waals surface area contributed by atoms with Crippen LogP contribution in [0.1, 0.15) is 58.1 Å². The zero-order valence-corrected chi connectivity index (χ0v) is 16.9. The Morgan fingerprint density at radius 1 is 1.19 bits per heavy atom. The van der Waals surface area contributed by atoms with Gasteiger partial charge in [-0.1, -0.05) is 37.0 Å². The van der Waals surface area contributed by atoms with E-state index >= 15 is 0 Å². The Labute approximate surface area is 163 Å². The number of aryl methyl sites for hydroxylation is 2. The Balaban J connectivity index is 2.02. The van der Waals surface area contributed by atoms with Crippen molar-refractivity contribution in [2.45, 2.75) is 46.6 Å². The van der Waals surface area contributed by atoms with Crippen molar-refractivity contribution in [2.24, 2.45) is 0 Å². The number of carbonyl (C=O) groups excluding carboxylic acids is 1. The SMILES string of the molecule is Cc1cc(C)c(CN2CCc3c(Cl)cc(C(C)C)c(Cl)c3C2=O)c(=O)[nH]1. The molecular formula is C20H22Cl2N2O2. The molecule has 1 aromatic heterocycles. The van der Waals surface area contributed by atoms with E-state index < -0.39 is 0 Å². The Hall–Kier alpha value is -1.78. The largest absolute Gasteiger partial charge is 0.334 e. The molecule has 2 heterocycles. The molecule has 0 unspecified atom stereocenters. The van der Waals surface area contributed by atoms with Crippen LogP contribution in [0, 0.1) is 13.8 Å². The second kappa shape index (κ2) is 7.09. The molecule has 3 rings (SSSR count). The van der Waals surface area contributed by atoms with Crippen LogP contribution in [0.3, 0.4) is 0 Å². The lowest BCUT2D eigenvalue weighted by Crippen LogP contribution is -2.39. The van der Waals surface area contributed by atoms with Gasteiger partial charge in [0.05, 0.1) is 17.1 Å². The molecular weight excluding hydrogens is 371 g/mol. The molecule has 1 amide bonds. The predicted molar refractivity (Wildman–Crippen MR) is 106 cm³/mol. The molecule has 0 fully saturated rings. The summed E-state index contributed by atoms with van der Waals surface area (Å²) in [6.45, 7) is 8.54. The van der Waals surface area contributed by atoms with Gasteiger partial charge in [0, 0.05) is 22.8 Å². The van der Waals surface area contributed by atoms with Crippen molar-refractivity contribution in [1.29, 1.82) is 0 Å². The summed E-state index contributed by atoms with van der Waals surface area (Å²) in [7, 11) is 0. The summed E-state index contributed by atoms with van der Waals surface area (Å²) >= 11 is 13.0. The lowest BCUT2D eigenvalue weighted by molar-refractivity contribution is 0.0726. The number of H-pyrrole nitrogens is 1. The van der Waals surface area contributed by atoms with Crippen LogP contribution >= 0.6 is 23.2 Å². The number of halogens is 2. The number of carbonyl (C=O) groups is 1. The summed E-state index contributed by atoms with van der Waals surface area (Å²) in [5.74, 6) is -0.00399. The summed E-state index contributed by atoms with van der Waals surface area (Å²) in [6, 6.07) is 3.78. The minimum atomic E-state index is -0.167. The molecule has 1 aromatic carbocycles. The maximum atomic E-state index is 13.1. The highest BCUT2D eigenvalue weighted by molar-refractivity contribution is 6.37. The van der Waals surface area contributed by atoms with Crippen LogP contribution in [0.5, 0.6) is 0 Å². The maximum absolute atomic E-state index is 13.1. The van der Waals surface area contributed by atoms with Crippen LogP contribution in [-0.4, -0.2) is 22.3 Å². The number of fused-ring (bicyclic) bond motifs is 1. The van der Waals surface area contributed by atoms with E-state index in [0.717, 1.165) is 22.4 Å². The number of aromatic nitrogens is 1.